The van der Waals surface area contributed by atoms with Gasteiger partial charge in [-0.15, -0.1) is 0 Å². The van der Waals surface area contributed by atoms with Crippen LogP contribution in [0.2, 0.25) is 0 Å². The molecule has 0 saturated carbocycles. The van der Waals surface area contributed by atoms with E-state index in [1.165, 1.54) is 64.6 Å². The summed E-state index contributed by atoms with van der Waals surface area (Å²) in [5.41, 5.74) is 0. The van der Waals surface area contributed by atoms with Crippen LogP contribution in [-0.4, -0.2) is 62.8 Å². The Hall–Kier alpha value is -0.120. The minimum atomic E-state index is 0.918. The predicted octanol–water partition coefficient (Wildman–Crippen LogP) is 3.00. The smallest absolute Gasteiger partial charge is 0.0594 e. The third-order valence-electron chi connectivity index (χ3n) is 4.05. The van der Waals surface area contributed by atoms with E-state index >= 15 is 0 Å². The molecule has 1 fully saturated rings. The highest BCUT2D eigenvalue weighted by Gasteiger charge is 2.10. The van der Waals surface area contributed by atoms with Gasteiger partial charge in [0.25, 0.3) is 0 Å². The highest BCUT2D eigenvalue weighted by Crippen LogP contribution is 2.07. The van der Waals surface area contributed by atoms with Gasteiger partial charge in [-0.3, -0.25) is 4.90 Å². The molecule has 0 atom stereocenters. The minimum Gasteiger partial charge on any atom is -0.379 e. The molecule has 1 rings (SSSR count). The first-order valence-electron chi connectivity index (χ1n) is 8.31. The average Bonchev–Trinajstić information content (AvgIpc) is 2.45. The van der Waals surface area contributed by atoms with Crippen molar-refractivity contribution in [1.29, 1.82) is 0 Å². The largest absolute Gasteiger partial charge is 0.379 e. The van der Waals surface area contributed by atoms with Gasteiger partial charge in [0.1, 0.15) is 0 Å². The van der Waals surface area contributed by atoms with Crippen LogP contribution in [0.5, 0.6) is 0 Å². The van der Waals surface area contributed by atoms with E-state index in [9.17, 15) is 0 Å². The van der Waals surface area contributed by atoms with Crippen molar-refractivity contribution in [2.45, 2.75) is 51.9 Å². The van der Waals surface area contributed by atoms with Crippen LogP contribution in [0.25, 0.3) is 0 Å². The quantitative estimate of drug-likeness (QED) is 0.537. The third kappa shape index (κ3) is 9.42. The van der Waals surface area contributed by atoms with Gasteiger partial charge >= 0.3 is 0 Å². The molecule has 1 aliphatic heterocycles. The number of hydrogen-bond donors (Lipinski definition) is 0. The summed E-state index contributed by atoms with van der Waals surface area (Å²) in [7, 11) is 2.26. The fraction of sp³-hybridized carbons (Fsp3) is 1.00. The zero-order valence-electron chi connectivity index (χ0n) is 13.2. The molecule has 1 aliphatic rings. The summed E-state index contributed by atoms with van der Waals surface area (Å²) in [6.07, 6.45) is 9.84. The number of morpholine rings is 1. The lowest BCUT2D eigenvalue weighted by Crippen LogP contribution is -2.40. The summed E-state index contributed by atoms with van der Waals surface area (Å²) >= 11 is 0. The summed E-state index contributed by atoms with van der Waals surface area (Å²) in [5.74, 6) is 0. The van der Waals surface area contributed by atoms with Gasteiger partial charge in [0, 0.05) is 26.2 Å². The Morgan fingerprint density at radius 3 is 2.21 bits per heavy atom. The molecule has 3 nitrogen and oxygen atoms in total. The second kappa shape index (κ2) is 11.7. The molecule has 0 aromatic rings. The van der Waals surface area contributed by atoms with Gasteiger partial charge in [-0.25, -0.2) is 0 Å². The van der Waals surface area contributed by atoms with Crippen molar-refractivity contribution in [3.63, 3.8) is 0 Å². The second-order valence-corrected chi connectivity index (χ2v) is 5.88. The molecule has 0 aromatic heterocycles. The molecule has 3 heteroatoms. The van der Waals surface area contributed by atoms with E-state index in [1.807, 2.05) is 0 Å². The maximum Gasteiger partial charge on any atom is 0.0594 e. The number of hydrogen-bond acceptors (Lipinski definition) is 3. The monoisotopic (exact) mass is 270 g/mol. The van der Waals surface area contributed by atoms with Crippen molar-refractivity contribution in [3.05, 3.63) is 0 Å². The predicted molar refractivity (Wildman–Crippen MR) is 82.7 cm³/mol. The molecule has 0 aliphatic carbocycles. The van der Waals surface area contributed by atoms with Crippen LogP contribution in [0.15, 0.2) is 0 Å². The van der Waals surface area contributed by atoms with Crippen LogP contribution in [-0.2, 0) is 4.74 Å². The fourth-order valence-corrected chi connectivity index (χ4v) is 2.59. The van der Waals surface area contributed by atoms with E-state index in [-0.39, 0.29) is 0 Å². The lowest BCUT2D eigenvalue weighted by atomic mass is 10.1. The molecule has 1 saturated heterocycles. The molecule has 0 N–H and O–H groups in total. The zero-order chi connectivity index (χ0) is 13.8. The van der Waals surface area contributed by atoms with Gasteiger partial charge < -0.3 is 9.64 Å². The Labute approximate surface area is 120 Å². The van der Waals surface area contributed by atoms with Crippen LogP contribution < -0.4 is 0 Å². The number of ether oxygens (including phenoxy) is 1. The summed E-state index contributed by atoms with van der Waals surface area (Å²) in [5, 5.41) is 0. The molecular formula is C16H34N2O. The second-order valence-electron chi connectivity index (χ2n) is 5.88. The highest BCUT2D eigenvalue weighted by molar-refractivity contribution is 4.64. The van der Waals surface area contributed by atoms with Crippen molar-refractivity contribution >= 4 is 0 Å². The first-order chi connectivity index (χ1) is 9.33. The van der Waals surface area contributed by atoms with E-state index in [2.05, 4.69) is 23.8 Å². The molecule has 0 bridgehead atoms. The summed E-state index contributed by atoms with van der Waals surface area (Å²) in [6.45, 7) is 10.0. The Kier molecular flexibility index (Phi) is 10.4. The Morgan fingerprint density at radius 1 is 0.895 bits per heavy atom. The van der Waals surface area contributed by atoms with Gasteiger partial charge in [0.2, 0.25) is 0 Å². The van der Waals surface area contributed by atoms with Crippen LogP contribution in [0.4, 0.5) is 0 Å². The summed E-state index contributed by atoms with van der Waals surface area (Å²) in [6, 6.07) is 0. The lowest BCUT2D eigenvalue weighted by Gasteiger charge is -2.28. The van der Waals surface area contributed by atoms with Crippen LogP contribution >= 0.6 is 0 Å². The molecule has 0 aromatic carbocycles. The average molecular weight is 270 g/mol. The topological polar surface area (TPSA) is 15.7 Å². The van der Waals surface area contributed by atoms with Crippen molar-refractivity contribution in [1.82, 2.24) is 9.80 Å². The molecule has 114 valence electrons. The van der Waals surface area contributed by atoms with Crippen molar-refractivity contribution < 1.29 is 4.74 Å². The molecule has 1 heterocycles. The normalized spacial score (nSPS) is 17.2. The Morgan fingerprint density at radius 2 is 1.53 bits per heavy atom. The molecule has 19 heavy (non-hydrogen) atoms. The van der Waals surface area contributed by atoms with E-state index in [0.29, 0.717) is 0 Å². The maximum absolute atomic E-state index is 5.37. The Bertz CT molecular complexity index is 193. The number of likely N-dealkylation sites (N-methyl/N-ethyl adjacent to an activating group) is 1. The maximum atomic E-state index is 5.37. The zero-order valence-corrected chi connectivity index (χ0v) is 13.2. The third-order valence-corrected chi connectivity index (χ3v) is 4.05. The van der Waals surface area contributed by atoms with Gasteiger partial charge in [-0.2, -0.15) is 0 Å². The Balaban J connectivity index is 1.85. The molecule has 0 spiro atoms. The number of nitrogens with zero attached hydrogens (tertiary/aromatic N) is 2. The van der Waals surface area contributed by atoms with Crippen molar-refractivity contribution in [2.75, 3.05) is 53.0 Å². The highest BCUT2D eigenvalue weighted by atomic mass is 16.5. The van der Waals surface area contributed by atoms with E-state index in [4.69, 9.17) is 4.74 Å². The molecule has 0 amide bonds. The molecule has 0 radical (unpaired) electrons. The van der Waals surface area contributed by atoms with Crippen molar-refractivity contribution in [2.24, 2.45) is 0 Å². The molecular weight excluding hydrogens is 236 g/mol. The van der Waals surface area contributed by atoms with Crippen LogP contribution in [0.3, 0.4) is 0 Å². The number of unbranched alkanes of at least 4 members (excludes halogenated alkanes) is 6. The fourth-order valence-electron chi connectivity index (χ4n) is 2.59. The van der Waals surface area contributed by atoms with Crippen molar-refractivity contribution in [3.8, 4) is 0 Å². The number of rotatable bonds is 11. The van der Waals surface area contributed by atoms with Crippen LogP contribution in [0.1, 0.15) is 51.9 Å². The van der Waals surface area contributed by atoms with E-state index in [1.54, 1.807) is 0 Å². The minimum absolute atomic E-state index is 0.918. The first-order valence-corrected chi connectivity index (χ1v) is 8.31. The van der Waals surface area contributed by atoms with Gasteiger partial charge in [-0.1, -0.05) is 45.4 Å². The summed E-state index contributed by atoms with van der Waals surface area (Å²) in [4.78, 5) is 5.01. The molecule has 0 unspecified atom stereocenters. The SMILES string of the molecule is CCCCCCCCCN(C)CCN1CCOCC1. The summed E-state index contributed by atoms with van der Waals surface area (Å²) < 4.78 is 5.37. The van der Waals surface area contributed by atoms with E-state index in [0.717, 1.165) is 26.3 Å². The lowest BCUT2D eigenvalue weighted by molar-refractivity contribution is 0.0344. The standard InChI is InChI=1S/C16H34N2O/c1-3-4-5-6-7-8-9-10-17(2)11-12-18-13-15-19-16-14-18/h3-16H2,1-2H3. The van der Waals surface area contributed by atoms with Crippen LogP contribution in [0, 0.1) is 0 Å². The van der Waals surface area contributed by atoms with Gasteiger partial charge in [0.15, 0.2) is 0 Å². The van der Waals surface area contributed by atoms with E-state index < -0.39 is 0 Å². The van der Waals surface area contributed by atoms with Gasteiger partial charge in [-0.05, 0) is 20.0 Å². The van der Waals surface area contributed by atoms with Gasteiger partial charge in [0.05, 0.1) is 13.2 Å². The first kappa shape index (κ1) is 16.9.